The fourth-order valence-electron chi connectivity index (χ4n) is 8.50. The molecular weight excluding hydrogens is 940 g/mol. The van der Waals surface area contributed by atoms with Crippen molar-refractivity contribution in [2.45, 2.75) is 78.6 Å². The molecule has 5 nitrogen and oxygen atoms in total. The molecule has 9 rings (SSSR count). The average Bonchev–Trinajstić information content (AvgIpc) is 3.76. The van der Waals surface area contributed by atoms with E-state index in [1.807, 2.05) is 30.5 Å². The van der Waals surface area contributed by atoms with Crippen molar-refractivity contribution in [1.29, 1.82) is 0 Å². The first-order valence-electron chi connectivity index (χ1n) is 21.1. The van der Waals surface area contributed by atoms with Gasteiger partial charge in [-0.05, 0) is 88.5 Å². The summed E-state index contributed by atoms with van der Waals surface area (Å²) >= 11 is 0. The van der Waals surface area contributed by atoms with Gasteiger partial charge >= 0.3 is 0 Å². The summed E-state index contributed by atoms with van der Waals surface area (Å²) in [6.07, 6.45) is 5.52. The van der Waals surface area contributed by atoms with Crippen molar-refractivity contribution in [2.24, 2.45) is 0 Å². The third-order valence-corrected chi connectivity index (χ3v) is 12.6. The third-order valence-electron chi connectivity index (χ3n) is 12.6. The molecule has 0 atom stereocenters. The fraction of sp³-hybridized carbons (Fsp3) is 0.214. The largest absolute Gasteiger partial charge is 0.510 e. The Hall–Kier alpha value is -6.03. The van der Waals surface area contributed by atoms with Gasteiger partial charge in [0.25, 0.3) is 6.33 Å². The number of aromatic nitrogens is 4. The summed E-state index contributed by atoms with van der Waals surface area (Å²) in [5, 5.41) is 2.21. The number of pyridine rings is 1. The van der Waals surface area contributed by atoms with Crippen molar-refractivity contribution in [2.75, 3.05) is 0 Å². The van der Waals surface area contributed by atoms with E-state index in [0.29, 0.717) is 11.5 Å². The van der Waals surface area contributed by atoms with Crippen LogP contribution in [0.2, 0.25) is 0 Å². The SMILES string of the molecule is Cc1c(C)[n+](-c2cccc(C(C)(C)C)c2)[c-]n1-c1[c-]c(Oc2[c-]c3c(cc2)c2cc(C(C)(C)c4ccccc4)ccc2n3-c2cc(C(C)(C)c3ccccc3)ccn2)ccc1.[Pt]. The van der Waals surface area contributed by atoms with Crippen LogP contribution in [-0.2, 0) is 37.3 Å². The van der Waals surface area contributed by atoms with Gasteiger partial charge in [-0.15, -0.1) is 29.7 Å². The number of rotatable bonds is 9. The number of nitrogens with zero attached hydrogens (tertiary/aromatic N) is 4. The molecule has 0 aliphatic carbocycles. The maximum Gasteiger partial charge on any atom is 0.267 e. The zero-order valence-corrected chi connectivity index (χ0v) is 39.2. The topological polar surface area (TPSA) is 35.9 Å². The molecule has 0 fully saturated rings. The second kappa shape index (κ2) is 16.3. The smallest absolute Gasteiger partial charge is 0.267 e. The Kier molecular flexibility index (Phi) is 11.2. The maximum atomic E-state index is 6.64. The molecule has 62 heavy (non-hydrogen) atoms. The molecule has 0 saturated heterocycles. The van der Waals surface area contributed by atoms with Gasteiger partial charge in [0, 0.05) is 60.8 Å². The quantitative estimate of drug-likeness (QED) is 0.107. The first kappa shape index (κ1) is 42.7. The second-order valence-electron chi connectivity index (χ2n) is 18.3. The molecule has 0 unspecified atom stereocenters. The molecule has 0 bridgehead atoms. The molecule has 9 aromatic rings. The van der Waals surface area contributed by atoms with Gasteiger partial charge in [-0.25, -0.2) is 4.98 Å². The minimum atomic E-state index is -0.243. The minimum Gasteiger partial charge on any atom is -0.510 e. The second-order valence-corrected chi connectivity index (χ2v) is 18.3. The van der Waals surface area contributed by atoms with Crippen LogP contribution in [0, 0.1) is 32.3 Å². The van der Waals surface area contributed by atoms with Gasteiger partial charge in [0.2, 0.25) is 0 Å². The Labute approximate surface area is 381 Å². The van der Waals surface area contributed by atoms with E-state index < -0.39 is 0 Å². The fourth-order valence-corrected chi connectivity index (χ4v) is 8.50. The molecule has 0 aliphatic heterocycles. The Bertz CT molecular complexity index is 3060. The molecule has 314 valence electrons. The van der Waals surface area contributed by atoms with Gasteiger partial charge in [0.1, 0.15) is 5.82 Å². The van der Waals surface area contributed by atoms with Crippen LogP contribution in [0.3, 0.4) is 0 Å². The van der Waals surface area contributed by atoms with E-state index in [0.717, 1.165) is 50.4 Å². The number of imidazole rings is 1. The Morgan fingerprint density at radius 2 is 1.19 bits per heavy atom. The molecule has 0 radical (unpaired) electrons. The van der Waals surface area contributed by atoms with Gasteiger partial charge in [0.05, 0.1) is 11.4 Å². The average molecular weight is 992 g/mol. The molecule has 0 N–H and O–H groups in total. The van der Waals surface area contributed by atoms with Crippen LogP contribution in [0.4, 0.5) is 0 Å². The van der Waals surface area contributed by atoms with Crippen LogP contribution in [0.25, 0.3) is 39.0 Å². The summed E-state index contributed by atoms with van der Waals surface area (Å²) in [4.78, 5) is 5.01. The van der Waals surface area contributed by atoms with E-state index in [4.69, 9.17) is 9.72 Å². The molecule has 6 heteroatoms. The van der Waals surface area contributed by atoms with Gasteiger partial charge in [-0.3, -0.25) is 4.57 Å². The normalized spacial score (nSPS) is 12.1. The summed E-state index contributed by atoms with van der Waals surface area (Å²) in [7, 11) is 0. The van der Waals surface area contributed by atoms with Crippen molar-refractivity contribution >= 4 is 21.8 Å². The molecule has 6 aromatic carbocycles. The Morgan fingerprint density at radius 3 is 1.87 bits per heavy atom. The summed E-state index contributed by atoms with van der Waals surface area (Å²) < 4.78 is 13.1. The zero-order valence-electron chi connectivity index (χ0n) is 36.9. The Balaban J connectivity index is 0.00000529. The van der Waals surface area contributed by atoms with Crippen molar-refractivity contribution in [3.05, 3.63) is 209 Å². The van der Waals surface area contributed by atoms with E-state index in [1.165, 1.54) is 27.8 Å². The molecule has 0 saturated carbocycles. The van der Waals surface area contributed by atoms with E-state index in [-0.39, 0.29) is 37.3 Å². The minimum absolute atomic E-state index is 0. The van der Waals surface area contributed by atoms with Gasteiger partial charge in [-0.1, -0.05) is 139 Å². The van der Waals surface area contributed by atoms with Crippen molar-refractivity contribution in [1.82, 2.24) is 14.1 Å². The van der Waals surface area contributed by atoms with E-state index in [2.05, 4.69) is 216 Å². The van der Waals surface area contributed by atoms with E-state index in [1.54, 1.807) is 0 Å². The summed E-state index contributed by atoms with van der Waals surface area (Å²) in [5.41, 5.74) is 11.8. The van der Waals surface area contributed by atoms with Crippen molar-refractivity contribution in [3.63, 3.8) is 0 Å². The Morgan fingerprint density at radius 1 is 0.565 bits per heavy atom. The molecule has 3 heterocycles. The summed E-state index contributed by atoms with van der Waals surface area (Å²) in [6.45, 7) is 20.1. The number of hydrogen-bond acceptors (Lipinski definition) is 2. The monoisotopic (exact) mass is 991 g/mol. The maximum absolute atomic E-state index is 6.64. The molecule has 0 spiro atoms. The van der Waals surface area contributed by atoms with E-state index in [9.17, 15) is 0 Å². The van der Waals surface area contributed by atoms with Crippen LogP contribution >= 0.6 is 0 Å². The number of fused-ring (bicyclic) bond motifs is 3. The molecule has 3 aromatic heterocycles. The third kappa shape index (κ3) is 7.73. The predicted molar refractivity (Wildman–Crippen MR) is 248 cm³/mol. The first-order valence-corrected chi connectivity index (χ1v) is 21.1. The zero-order chi connectivity index (χ0) is 42.7. The number of benzene rings is 6. The standard InChI is InChI=1S/C56H52N4O.Pt/c1-38-39(2)59(37-58(38)45-23-16-22-42(32-45)54(3,4)5)46-24-17-25-47(35-46)61-48-27-28-49-50-33-43(55(6,7)40-18-12-10-13-19-40)26-29-51(50)60(52(49)36-48)53-34-44(30-31-57-53)56(8,9)41-20-14-11-15-21-41;/h10-34H,1-9H3;/q-2;. The van der Waals surface area contributed by atoms with Crippen LogP contribution in [0.5, 0.6) is 11.5 Å². The molecule has 0 amide bonds. The van der Waals surface area contributed by atoms with Crippen LogP contribution in [0.15, 0.2) is 152 Å². The first-order chi connectivity index (χ1) is 29.2. The van der Waals surface area contributed by atoms with Gasteiger partial charge < -0.3 is 13.9 Å². The van der Waals surface area contributed by atoms with Crippen LogP contribution in [-0.4, -0.2) is 14.1 Å². The summed E-state index contributed by atoms with van der Waals surface area (Å²) in [6, 6.07) is 58.7. The predicted octanol–water partition coefficient (Wildman–Crippen LogP) is 13.0. The van der Waals surface area contributed by atoms with Crippen LogP contribution in [0.1, 0.15) is 87.7 Å². The molecular formula is C56H52N4OPt-2. The summed E-state index contributed by atoms with van der Waals surface area (Å²) in [5.74, 6) is 2.01. The van der Waals surface area contributed by atoms with Crippen LogP contribution < -0.4 is 9.30 Å². The van der Waals surface area contributed by atoms with Crippen molar-refractivity contribution < 1.29 is 30.4 Å². The van der Waals surface area contributed by atoms with Gasteiger partial charge in [0.15, 0.2) is 0 Å². The van der Waals surface area contributed by atoms with Crippen molar-refractivity contribution in [3.8, 4) is 28.7 Å². The molecule has 0 aliphatic rings. The van der Waals surface area contributed by atoms with Gasteiger partial charge in [-0.2, -0.15) is 18.2 Å². The number of ether oxygens (including phenoxy) is 1. The number of hydrogen-bond donors (Lipinski definition) is 0. The van der Waals surface area contributed by atoms with E-state index >= 15 is 0 Å².